The molecule has 24 heavy (non-hydrogen) atoms. The van der Waals surface area contributed by atoms with E-state index in [9.17, 15) is 9.59 Å². The largest absolute Gasteiger partial charge is 0.497 e. The minimum absolute atomic E-state index is 0.203. The first kappa shape index (κ1) is 17.5. The molecule has 0 aliphatic carbocycles. The van der Waals surface area contributed by atoms with Crippen molar-refractivity contribution in [3.05, 3.63) is 59.7 Å². The fourth-order valence-corrected chi connectivity index (χ4v) is 2.18. The molecular formula is C19H22N2O3. The molecule has 0 radical (unpaired) electrons. The highest BCUT2D eigenvalue weighted by Gasteiger charge is 2.09. The van der Waals surface area contributed by atoms with Crippen LogP contribution >= 0.6 is 0 Å². The van der Waals surface area contributed by atoms with Crippen molar-refractivity contribution in [2.24, 2.45) is 0 Å². The van der Waals surface area contributed by atoms with Crippen molar-refractivity contribution in [1.29, 1.82) is 0 Å². The molecule has 0 saturated heterocycles. The number of amides is 2. The van der Waals surface area contributed by atoms with Gasteiger partial charge in [0.25, 0.3) is 0 Å². The summed E-state index contributed by atoms with van der Waals surface area (Å²) in [5.74, 6) is 0.124. The number of carbonyl (C=O) groups is 2. The van der Waals surface area contributed by atoms with E-state index in [2.05, 4.69) is 17.6 Å². The van der Waals surface area contributed by atoms with Crippen LogP contribution in [-0.4, -0.2) is 18.9 Å². The molecule has 2 amide bonds. The predicted molar refractivity (Wildman–Crippen MR) is 93.9 cm³/mol. The number of ether oxygens (including phenoxy) is 1. The van der Waals surface area contributed by atoms with E-state index >= 15 is 0 Å². The summed E-state index contributed by atoms with van der Waals surface area (Å²) in [7, 11) is 1.60. The lowest BCUT2D eigenvalue weighted by atomic mass is 10.1. The third kappa shape index (κ3) is 5.43. The summed E-state index contributed by atoms with van der Waals surface area (Å²) in [4.78, 5) is 23.7. The SMILES string of the molecule is CCc1ccc(NC(=O)CC(=O)NCc2ccc(OC)cc2)cc1. The van der Waals surface area contributed by atoms with Crippen molar-refractivity contribution < 1.29 is 14.3 Å². The number of hydrogen-bond donors (Lipinski definition) is 2. The summed E-state index contributed by atoms with van der Waals surface area (Å²) in [6.07, 6.45) is 0.744. The molecule has 0 bridgehead atoms. The number of anilines is 1. The first-order valence-electron chi connectivity index (χ1n) is 7.89. The Balaban J connectivity index is 1.77. The second-order valence-corrected chi connectivity index (χ2v) is 5.40. The molecule has 0 aliphatic heterocycles. The van der Waals surface area contributed by atoms with Crippen LogP contribution < -0.4 is 15.4 Å². The van der Waals surface area contributed by atoms with Crippen LogP contribution in [0.15, 0.2) is 48.5 Å². The average Bonchev–Trinajstić information content (AvgIpc) is 2.61. The van der Waals surface area contributed by atoms with Gasteiger partial charge >= 0.3 is 0 Å². The second kappa shape index (κ2) is 8.72. The Morgan fingerprint density at radius 3 is 2.12 bits per heavy atom. The standard InChI is InChI=1S/C19H22N2O3/c1-3-14-4-8-16(9-5-14)21-19(23)12-18(22)20-13-15-6-10-17(24-2)11-7-15/h4-11H,3,12-13H2,1-2H3,(H,20,22)(H,21,23). The van der Waals surface area contributed by atoms with E-state index < -0.39 is 0 Å². The highest BCUT2D eigenvalue weighted by molar-refractivity contribution is 6.03. The first-order chi connectivity index (χ1) is 11.6. The Morgan fingerprint density at radius 2 is 1.54 bits per heavy atom. The molecule has 2 N–H and O–H groups in total. The average molecular weight is 326 g/mol. The van der Waals surface area contributed by atoms with Gasteiger partial charge in [0, 0.05) is 12.2 Å². The van der Waals surface area contributed by atoms with Crippen molar-refractivity contribution in [2.75, 3.05) is 12.4 Å². The lowest BCUT2D eigenvalue weighted by Crippen LogP contribution is -2.27. The van der Waals surface area contributed by atoms with E-state index in [1.807, 2.05) is 48.5 Å². The van der Waals surface area contributed by atoms with Crippen LogP contribution in [0.4, 0.5) is 5.69 Å². The van der Waals surface area contributed by atoms with Crippen LogP contribution in [0, 0.1) is 0 Å². The van der Waals surface area contributed by atoms with Gasteiger partial charge in [0.1, 0.15) is 12.2 Å². The lowest BCUT2D eigenvalue weighted by Gasteiger charge is -2.08. The number of rotatable bonds is 7. The Morgan fingerprint density at radius 1 is 0.917 bits per heavy atom. The van der Waals surface area contributed by atoms with Gasteiger partial charge in [-0.15, -0.1) is 0 Å². The van der Waals surface area contributed by atoms with Crippen molar-refractivity contribution in [3.63, 3.8) is 0 Å². The van der Waals surface area contributed by atoms with Gasteiger partial charge in [0.2, 0.25) is 11.8 Å². The van der Waals surface area contributed by atoms with E-state index in [0.29, 0.717) is 12.2 Å². The monoisotopic (exact) mass is 326 g/mol. The quantitative estimate of drug-likeness (QED) is 0.769. The highest BCUT2D eigenvalue weighted by atomic mass is 16.5. The van der Waals surface area contributed by atoms with Gasteiger partial charge in [0.15, 0.2) is 0 Å². The number of nitrogens with one attached hydrogen (secondary N) is 2. The van der Waals surface area contributed by atoms with Gasteiger partial charge in [-0.3, -0.25) is 9.59 Å². The van der Waals surface area contributed by atoms with Gasteiger partial charge in [0.05, 0.1) is 7.11 Å². The molecule has 0 atom stereocenters. The highest BCUT2D eigenvalue weighted by Crippen LogP contribution is 2.11. The van der Waals surface area contributed by atoms with Crippen LogP contribution in [-0.2, 0) is 22.6 Å². The number of benzene rings is 2. The summed E-state index contributed by atoms with van der Waals surface area (Å²) < 4.78 is 5.08. The maximum absolute atomic E-state index is 11.9. The minimum Gasteiger partial charge on any atom is -0.497 e. The second-order valence-electron chi connectivity index (χ2n) is 5.40. The molecule has 0 spiro atoms. The van der Waals surface area contributed by atoms with Gasteiger partial charge in [-0.25, -0.2) is 0 Å². The van der Waals surface area contributed by atoms with Crippen molar-refractivity contribution >= 4 is 17.5 Å². The zero-order valence-corrected chi connectivity index (χ0v) is 14.0. The number of hydrogen-bond acceptors (Lipinski definition) is 3. The van der Waals surface area contributed by atoms with E-state index in [1.165, 1.54) is 5.56 Å². The fourth-order valence-electron chi connectivity index (χ4n) is 2.18. The molecule has 0 aromatic heterocycles. The van der Waals surface area contributed by atoms with Gasteiger partial charge in [-0.1, -0.05) is 31.2 Å². The predicted octanol–water partition coefficient (Wildman–Crippen LogP) is 2.90. The molecule has 2 aromatic carbocycles. The van der Waals surface area contributed by atoms with Crippen LogP contribution in [0.2, 0.25) is 0 Å². The zero-order valence-electron chi connectivity index (χ0n) is 14.0. The van der Waals surface area contributed by atoms with E-state index in [4.69, 9.17) is 4.74 Å². The Labute approximate surface area is 142 Å². The molecule has 0 saturated carbocycles. The summed E-state index contributed by atoms with van der Waals surface area (Å²) in [6, 6.07) is 15.0. The zero-order chi connectivity index (χ0) is 17.4. The van der Waals surface area contributed by atoms with Gasteiger partial charge < -0.3 is 15.4 Å². The van der Waals surface area contributed by atoms with E-state index in [0.717, 1.165) is 17.7 Å². The molecular weight excluding hydrogens is 304 g/mol. The van der Waals surface area contributed by atoms with Gasteiger partial charge in [-0.05, 0) is 41.8 Å². The van der Waals surface area contributed by atoms with Crippen molar-refractivity contribution in [2.45, 2.75) is 26.3 Å². The van der Waals surface area contributed by atoms with Crippen molar-refractivity contribution in [3.8, 4) is 5.75 Å². The van der Waals surface area contributed by atoms with Crippen LogP contribution in [0.3, 0.4) is 0 Å². The van der Waals surface area contributed by atoms with E-state index in [-0.39, 0.29) is 18.2 Å². The lowest BCUT2D eigenvalue weighted by molar-refractivity contribution is -0.126. The normalized spacial score (nSPS) is 10.1. The number of aryl methyl sites for hydroxylation is 1. The van der Waals surface area contributed by atoms with Gasteiger partial charge in [-0.2, -0.15) is 0 Å². The summed E-state index contributed by atoms with van der Waals surface area (Å²) >= 11 is 0. The summed E-state index contributed by atoms with van der Waals surface area (Å²) in [5, 5.41) is 5.45. The molecule has 0 heterocycles. The number of methoxy groups -OCH3 is 1. The molecule has 5 nitrogen and oxygen atoms in total. The molecule has 0 fully saturated rings. The molecule has 2 aromatic rings. The Kier molecular flexibility index (Phi) is 6.37. The van der Waals surface area contributed by atoms with Crippen molar-refractivity contribution in [1.82, 2.24) is 5.32 Å². The molecule has 0 aliphatic rings. The maximum Gasteiger partial charge on any atom is 0.233 e. The van der Waals surface area contributed by atoms with E-state index in [1.54, 1.807) is 7.11 Å². The topological polar surface area (TPSA) is 67.4 Å². The van der Waals surface area contributed by atoms with Crippen LogP contribution in [0.5, 0.6) is 5.75 Å². The smallest absolute Gasteiger partial charge is 0.233 e. The third-order valence-electron chi connectivity index (χ3n) is 3.62. The third-order valence-corrected chi connectivity index (χ3v) is 3.62. The molecule has 0 unspecified atom stereocenters. The molecule has 2 rings (SSSR count). The first-order valence-corrected chi connectivity index (χ1v) is 7.89. The fraction of sp³-hybridized carbons (Fsp3) is 0.263. The Bertz CT molecular complexity index is 679. The number of carbonyl (C=O) groups excluding carboxylic acids is 2. The Hall–Kier alpha value is -2.82. The molecule has 126 valence electrons. The summed E-state index contributed by atoms with van der Waals surface area (Å²) in [5.41, 5.74) is 2.84. The minimum atomic E-state index is -0.327. The van der Waals surface area contributed by atoms with Crippen LogP contribution in [0.25, 0.3) is 0 Å². The maximum atomic E-state index is 11.9. The van der Waals surface area contributed by atoms with Crippen LogP contribution in [0.1, 0.15) is 24.5 Å². The summed E-state index contributed by atoms with van der Waals surface area (Å²) in [6.45, 7) is 2.45. The molecule has 5 heteroatoms.